The first-order valence-electron chi connectivity index (χ1n) is 9.73. The summed E-state index contributed by atoms with van der Waals surface area (Å²) in [6.45, 7) is 1.05. The van der Waals surface area contributed by atoms with Gasteiger partial charge in [-0.25, -0.2) is 4.98 Å². The lowest BCUT2D eigenvalue weighted by Crippen LogP contribution is -2.25. The molecule has 0 saturated carbocycles. The number of anilines is 1. The van der Waals surface area contributed by atoms with Crippen LogP contribution in [0.4, 0.5) is 5.82 Å². The van der Waals surface area contributed by atoms with Gasteiger partial charge in [-0.05, 0) is 35.3 Å². The van der Waals surface area contributed by atoms with Gasteiger partial charge in [-0.1, -0.05) is 48.6 Å². The normalized spacial score (nSPS) is 14.5. The van der Waals surface area contributed by atoms with E-state index in [2.05, 4.69) is 15.6 Å². The Kier molecular flexibility index (Phi) is 9.09. The number of halogens is 1. The van der Waals surface area contributed by atoms with Crippen molar-refractivity contribution in [1.82, 2.24) is 10.3 Å². The molecule has 0 saturated heterocycles. The van der Waals surface area contributed by atoms with Gasteiger partial charge in [0.25, 0.3) is 0 Å². The van der Waals surface area contributed by atoms with E-state index in [1.165, 1.54) is 0 Å². The van der Waals surface area contributed by atoms with Gasteiger partial charge in [0.05, 0.1) is 6.42 Å². The maximum absolute atomic E-state index is 12.2. The maximum atomic E-state index is 12.2. The van der Waals surface area contributed by atoms with Gasteiger partial charge in [0.1, 0.15) is 5.82 Å². The quantitative estimate of drug-likeness (QED) is 0.525. The van der Waals surface area contributed by atoms with Crippen molar-refractivity contribution in [1.29, 1.82) is 0 Å². The molecule has 3 rings (SSSR count). The Balaban J connectivity index is 0.00000320. The minimum Gasteiger partial charge on any atom is -0.481 e. The number of carbonyl (C=O) groups is 2. The van der Waals surface area contributed by atoms with Crippen LogP contribution in [-0.4, -0.2) is 35.1 Å². The monoisotopic (exact) mass is 427 g/mol. The molecule has 1 atom stereocenters. The lowest BCUT2D eigenvalue weighted by molar-refractivity contribution is -0.137. The summed E-state index contributed by atoms with van der Waals surface area (Å²) in [6.07, 6.45) is 8.73. The molecule has 1 heterocycles. The summed E-state index contributed by atoms with van der Waals surface area (Å²) in [7, 11) is 0. The highest BCUT2D eigenvalue weighted by atomic mass is 35.5. The zero-order valence-corrected chi connectivity index (χ0v) is 17.4. The van der Waals surface area contributed by atoms with Gasteiger partial charge in [0.15, 0.2) is 0 Å². The topological polar surface area (TPSA) is 91.3 Å². The van der Waals surface area contributed by atoms with Crippen LogP contribution in [-0.2, 0) is 9.59 Å². The van der Waals surface area contributed by atoms with Crippen molar-refractivity contribution in [2.75, 3.05) is 18.4 Å². The second kappa shape index (κ2) is 11.8. The van der Waals surface area contributed by atoms with Crippen LogP contribution in [0.2, 0.25) is 0 Å². The molecular weight excluding hydrogens is 402 g/mol. The first kappa shape index (κ1) is 23.2. The first-order valence-corrected chi connectivity index (χ1v) is 9.73. The van der Waals surface area contributed by atoms with Gasteiger partial charge in [0.2, 0.25) is 5.91 Å². The molecule has 0 spiro atoms. The molecular formula is C23H26ClN3O3. The van der Waals surface area contributed by atoms with E-state index in [0.717, 1.165) is 22.5 Å². The molecule has 0 aliphatic heterocycles. The number of hydrogen-bond acceptors (Lipinski definition) is 4. The van der Waals surface area contributed by atoms with Crippen LogP contribution in [0.5, 0.6) is 0 Å². The average molecular weight is 428 g/mol. The Labute approximate surface area is 182 Å². The van der Waals surface area contributed by atoms with Crippen molar-refractivity contribution >= 4 is 36.2 Å². The Bertz CT molecular complexity index is 913. The standard InChI is InChI=1S/C23H25N3O3.ClH/c27-22(9-5-13-25-21-8-3-4-12-24-21)26-16-17-10-11-18-6-1-2-7-20(18)19(14-17)15-23(28)29;/h1-4,6-8,10-12,14,19H,5,9,13,15-16H2,(H,24,25)(H,26,27)(H,28,29);1H. The van der Waals surface area contributed by atoms with Crippen LogP contribution < -0.4 is 10.6 Å². The number of carboxylic acid groups (broad SMARTS) is 1. The van der Waals surface area contributed by atoms with Gasteiger partial charge in [-0.15, -0.1) is 12.4 Å². The number of rotatable bonds is 9. The highest BCUT2D eigenvalue weighted by Gasteiger charge is 2.18. The molecule has 1 aromatic carbocycles. The van der Waals surface area contributed by atoms with E-state index < -0.39 is 5.97 Å². The van der Waals surface area contributed by atoms with Crippen LogP contribution >= 0.6 is 12.4 Å². The predicted molar refractivity (Wildman–Crippen MR) is 121 cm³/mol. The number of fused-ring (bicyclic) bond motifs is 1. The summed E-state index contributed by atoms with van der Waals surface area (Å²) in [5, 5.41) is 15.4. The van der Waals surface area contributed by atoms with E-state index in [0.29, 0.717) is 25.9 Å². The number of nitrogens with zero attached hydrogens (tertiary/aromatic N) is 1. The predicted octanol–water partition coefficient (Wildman–Crippen LogP) is 4.02. The largest absolute Gasteiger partial charge is 0.481 e. The number of carbonyl (C=O) groups excluding carboxylic acids is 1. The fourth-order valence-electron chi connectivity index (χ4n) is 3.30. The third kappa shape index (κ3) is 7.04. The Morgan fingerprint density at radius 1 is 1.07 bits per heavy atom. The molecule has 1 amide bonds. The first-order chi connectivity index (χ1) is 14.1. The number of nitrogens with one attached hydrogen (secondary N) is 2. The summed E-state index contributed by atoms with van der Waals surface area (Å²) in [5.41, 5.74) is 2.91. The summed E-state index contributed by atoms with van der Waals surface area (Å²) >= 11 is 0. The molecule has 30 heavy (non-hydrogen) atoms. The summed E-state index contributed by atoms with van der Waals surface area (Å²) in [6, 6.07) is 13.4. The number of amides is 1. The van der Waals surface area contributed by atoms with Gasteiger partial charge in [-0.2, -0.15) is 0 Å². The fraction of sp³-hybridized carbons (Fsp3) is 0.261. The van der Waals surface area contributed by atoms with Gasteiger partial charge < -0.3 is 15.7 Å². The van der Waals surface area contributed by atoms with E-state index in [9.17, 15) is 14.7 Å². The van der Waals surface area contributed by atoms with E-state index in [1.54, 1.807) is 6.20 Å². The Hall–Kier alpha value is -3.12. The molecule has 0 bridgehead atoms. The molecule has 1 aliphatic carbocycles. The molecule has 7 heteroatoms. The van der Waals surface area contributed by atoms with Gasteiger partial charge in [0, 0.05) is 31.6 Å². The highest BCUT2D eigenvalue weighted by molar-refractivity contribution is 5.85. The number of pyridine rings is 1. The van der Waals surface area contributed by atoms with Crippen molar-refractivity contribution in [2.45, 2.75) is 25.2 Å². The van der Waals surface area contributed by atoms with E-state index in [4.69, 9.17) is 0 Å². The molecule has 0 fully saturated rings. The van der Waals surface area contributed by atoms with E-state index in [1.807, 2.05) is 60.7 Å². The minimum atomic E-state index is -0.841. The number of aromatic nitrogens is 1. The van der Waals surface area contributed by atoms with Crippen LogP contribution in [0.15, 0.2) is 66.4 Å². The molecule has 1 aromatic heterocycles. The minimum absolute atomic E-state index is 0. The van der Waals surface area contributed by atoms with Gasteiger partial charge >= 0.3 is 5.97 Å². The zero-order chi connectivity index (χ0) is 20.5. The second-order valence-corrected chi connectivity index (χ2v) is 6.93. The number of benzene rings is 1. The molecule has 1 aliphatic rings. The van der Waals surface area contributed by atoms with Gasteiger partial charge in [-0.3, -0.25) is 9.59 Å². The maximum Gasteiger partial charge on any atom is 0.304 e. The van der Waals surface area contributed by atoms with Crippen LogP contribution in [0, 0.1) is 0 Å². The Morgan fingerprint density at radius 2 is 1.87 bits per heavy atom. The zero-order valence-electron chi connectivity index (χ0n) is 16.6. The fourth-order valence-corrected chi connectivity index (χ4v) is 3.30. The molecule has 158 valence electrons. The Morgan fingerprint density at radius 3 is 2.63 bits per heavy atom. The number of hydrogen-bond donors (Lipinski definition) is 3. The smallest absolute Gasteiger partial charge is 0.304 e. The third-order valence-corrected chi connectivity index (χ3v) is 4.72. The van der Waals surface area contributed by atoms with Crippen LogP contribution in [0.25, 0.3) is 6.08 Å². The van der Waals surface area contributed by atoms with Crippen molar-refractivity contribution in [2.24, 2.45) is 0 Å². The highest BCUT2D eigenvalue weighted by Crippen LogP contribution is 2.30. The molecule has 6 nitrogen and oxygen atoms in total. The van der Waals surface area contributed by atoms with Crippen LogP contribution in [0.3, 0.4) is 0 Å². The molecule has 2 aromatic rings. The summed E-state index contributed by atoms with van der Waals surface area (Å²) < 4.78 is 0. The SMILES string of the molecule is Cl.O=C(O)CC1C=C(CNC(=O)CCCNc2ccccn2)C=Cc2ccccc21. The van der Waals surface area contributed by atoms with Crippen molar-refractivity contribution in [3.05, 3.63) is 77.5 Å². The lowest BCUT2D eigenvalue weighted by atomic mass is 9.91. The number of allylic oxidation sites excluding steroid dienone is 1. The van der Waals surface area contributed by atoms with Crippen molar-refractivity contribution < 1.29 is 14.7 Å². The molecule has 3 N–H and O–H groups in total. The lowest BCUT2D eigenvalue weighted by Gasteiger charge is -2.13. The van der Waals surface area contributed by atoms with Crippen molar-refractivity contribution in [3.8, 4) is 0 Å². The van der Waals surface area contributed by atoms with E-state index >= 15 is 0 Å². The number of carboxylic acids is 1. The van der Waals surface area contributed by atoms with E-state index in [-0.39, 0.29) is 30.7 Å². The number of aliphatic carboxylic acids is 1. The molecule has 1 unspecified atom stereocenters. The second-order valence-electron chi connectivity index (χ2n) is 6.93. The van der Waals surface area contributed by atoms with Crippen molar-refractivity contribution in [3.63, 3.8) is 0 Å². The summed E-state index contributed by atoms with van der Waals surface area (Å²) in [4.78, 5) is 27.6. The molecule has 0 radical (unpaired) electrons. The van der Waals surface area contributed by atoms with Crippen LogP contribution in [0.1, 0.15) is 36.3 Å². The average Bonchev–Trinajstić information content (AvgIpc) is 2.90. The third-order valence-electron chi connectivity index (χ3n) is 4.72. The summed E-state index contributed by atoms with van der Waals surface area (Å²) in [5.74, 6) is -0.288.